The van der Waals surface area contributed by atoms with Gasteiger partial charge in [0.05, 0.1) is 22.9 Å². The molecule has 0 radical (unpaired) electrons. The van der Waals surface area contributed by atoms with Crippen LogP contribution in [-0.2, 0) is 47.1 Å². The summed E-state index contributed by atoms with van der Waals surface area (Å²) in [4.78, 5) is 72.7. The molecule has 0 spiro atoms. The lowest BCUT2D eigenvalue weighted by Gasteiger charge is -2.31. The largest absolute Gasteiger partial charge is 0.468 e. The lowest BCUT2D eigenvalue weighted by atomic mass is 9.82. The molecule has 0 rings (SSSR count). The van der Waals surface area contributed by atoms with E-state index in [0.717, 1.165) is 31.4 Å². The smallest absolute Gasteiger partial charge is 0.322 e. The van der Waals surface area contributed by atoms with Crippen LogP contribution in [0.1, 0.15) is 137 Å². The van der Waals surface area contributed by atoms with Crippen molar-refractivity contribution < 1.29 is 47.1 Å². The van der Waals surface area contributed by atoms with Crippen LogP contribution in [0, 0.1) is 10.8 Å². The Kier molecular flexibility index (Phi) is 39.0. The van der Waals surface area contributed by atoms with Gasteiger partial charge in [-0.1, -0.05) is 121 Å². The molecule has 2 unspecified atom stereocenters. The maximum atomic E-state index is 12.7. The predicted molar refractivity (Wildman–Crippen MR) is 295 cm³/mol. The van der Waals surface area contributed by atoms with Gasteiger partial charge in [-0.3, -0.25) is 28.8 Å². The van der Waals surface area contributed by atoms with Gasteiger partial charge in [-0.15, -0.1) is 0 Å². The molecule has 66 heavy (non-hydrogen) atoms. The van der Waals surface area contributed by atoms with Crippen molar-refractivity contribution in [3.63, 3.8) is 0 Å². The van der Waals surface area contributed by atoms with Crippen molar-refractivity contribution in [3.05, 3.63) is 0 Å². The summed E-state index contributed by atoms with van der Waals surface area (Å²) in [6, 6.07) is 1.87. The maximum Gasteiger partial charge on any atom is 0.322 e. The number of hydrogen-bond donors (Lipinski definition) is 4. The molecule has 4 amide bonds. The fourth-order valence-corrected chi connectivity index (χ4v) is 11.9. The molecule has 14 nitrogen and oxygen atoms in total. The van der Waals surface area contributed by atoms with Crippen LogP contribution in [0.2, 0.25) is 38.3 Å². The predicted octanol–water partition coefficient (Wildman–Crippen LogP) is 10.8. The summed E-state index contributed by atoms with van der Waals surface area (Å²) in [7, 11) is -1.000. The van der Waals surface area contributed by atoms with Crippen LogP contribution in [0.25, 0.3) is 0 Å². The maximum absolute atomic E-state index is 12.7. The van der Waals surface area contributed by atoms with Crippen molar-refractivity contribution in [2.45, 2.75) is 193 Å². The minimum Gasteiger partial charge on any atom is -0.468 e. The highest BCUT2D eigenvalue weighted by atomic mass is 79.9. The number of rotatable bonds is 28. The highest BCUT2D eigenvalue weighted by Gasteiger charge is 2.42. The molecule has 0 heterocycles. The summed E-state index contributed by atoms with van der Waals surface area (Å²) in [6.45, 7) is 30.1. The number of ether oxygens (including phenoxy) is 2. The summed E-state index contributed by atoms with van der Waals surface area (Å²) < 4.78 is 18.9. The SMILES string of the molecule is C.C.C.C.CC(C)(Br)C(=O)NCCCO[Si](C)(C)CCCNC(=O)C(C)(C)Br.COC(=O)C(C)(Br)CC(C)(C)C(=O)NCCCO[Si](C)(C)CCCNC(=O)C(C)(C)CC(C)(Br)C(=O)OC. The third-order valence-electron chi connectivity index (χ3n) is 9.76. The first-order valence-electron chi connectivity index (χ1n) is 21.2. The fraction of sp³-hybridized carbons (Fsp3) is 0.870. The first-order chi connectivity index (χ1) is 27.9. The van der Waals surface area contributed by atoms with Crippen LogP contribution < -0.4 is 21.3 Å². The summed E-state index contributed by atoms with van der Waals surface area (Å²) in [5, 5.41) is 11.7. The topological polar surface area (TPSA) is 187 Å². The van der Waals surface area contributed by atoms with Gasteiger partial charge < -0.3 is 39.6 Å². The Morgan fingerprint density at radius 3 is 0.924 bits per heavy atom. The second-order valence-electron chi connectivity index (χ2n) is 19.6. The van der Waals surface area contributed by atoms with Crippen molar-refractivity contribution in [3.8, 4) is 0 Å². The molecule has 4 N–H and O–H groups in total. The molecule has 20 heteroatoms. The van der Waals surface area contributed by atoms with E-state index < -0.39 is 56.7 Å². The molecule has 0 aromatic rings. The molecular weight excluding hydrogens is 1140 g/mol. The van der Waals surface area contributed by atoms with E-state index in [1.807, 2.05) is 41.5 Å². The number of amides is 4. The summed E-state index contributed by atoms with van der Waals surface area (Å²) in [6.07, 6.45) is 3.79. The van der Waals surface area contributed by atoms with E-state index >= 15 is 0 Å². The van der Waals surface area contributed by atoms with Crippen molar-refractivity contribution in [2.24, 2.45) is 10.8 Å². The minimum absolute atomic E-state index is 0. The molecule has 0 saturated carbocycles. The summed E-state index contributed by atoms with van der Waals surface area (Å²) in [5.74, 6) is -1.07. The second-order valence-corrected chi connectivity index (χ2v) is 35.7. The van der Waals surface area contributed by atoms with Gasteiger partial charge >= 0.3 is 11.9 Å². The van der Waals surface area contributed by atoms with Crippen molar-refractivity contribution >= 4 is 116 Å². The van der Waals surface area contributed by atoms with E-state index in [9.17, 15) is 28.8 Å². The highest BCUT2D eigenvalue weighted by molar-refractivity contribution is 9.10. The number of carbonyl (C=O) groups excluding carboxylic acids is 6. The van der Waals surface area contributed by atoms with Gasteiger partial charge in [-0.2, -0.15) is 0 Å². The van der Waals surface area contributed by atoms with Gasteiger partial charge in [-0.25, -0.2) is 0 Å². The van der Waals surface area contributed by atoms with Crippen LogP contribution in [0.5, 0.6) is 0 Å². The molecular formula is C46H96Br4N4O10Si2. The Labute approximate surface area is 438 Å². The molecule has 0 bridgehead atoms. The van der Waals surface area contributed by atoms with Crippen molar-refractivity contribution in [2.75, 3.05) is 53.6 Å². The van der Waals surface area contributed by atoms with E-state index in [4.69, 9.17) is 18.3 Å². The minimum atomic E-state index is -1.93. The lowest BCUT2D eigenvalue weighted by molar-refractivity contribution is -0.145. The highest BCUT2D eigenvalue weighted by Crippen LogP contribution is 2.36. The Morgan fingerprint density at radius 1 is 0.439 bits per heavy atom. The Hall–Kier alpha value is -0.906. The van der Waals surface area contributed by atoms with E-state index in [2.05, 4.69) is 111 Å². The van der Waals surface area contributed by atoms with E-state index in [1.165, 1.54) is 14.2 Å². The third-order valence-corrected chi connectivity index (χ3v) is 16.8. The number of methoxy groups -OCH3 is 2. The van der Waals surface area contributed by atoms with E-state index in [1.54, 1.807) is 27.7 Å². The van der Waals surface area contributed by atoms with Crippen LogP contribution in [-0.4, -0.2) is 123 Å². The quantitative estimate of drug-likeness (QED) is 0.0254. The molecule has 396 valence electrons. The molecule has 0 aliphatic rings. The normalized spacial score (nSPS) is 13.6. The van der Waals surface area contributed by atoms with Crippen LogP contribution in [0.15, 0.2) is 0 Å². The lowest BCUT2D eigenvalue weighted by Crippen LogP contribution is -2.44. The zero-order chi connectivity index (χ0) is 49.0. The summed E-state index contributed by atoms with van der Waals surface area (Å²) in [5.41, 5.74) is -1.51. The van der Waals surface area contributed by atoms with Crippen LogP contribution in [0.4, 0.5) is 0 Å². The average Bonchev–Trinajstić information content (AvgIpc) is 3.12. The number of alkyl halides is 4. The average molecular weight is 1240 g/mol. The molecule has 0 aliphatic carbocycles. The molecule has 0 aromatic heterocycles. The van der Waals surface area contributed by atoms with Crippen molar-refractivity contribution in [1.29, 1.82) is 0 Å². The van der Waals surface area contributed by atoms with Gasteiger partial charge in [0.15, 0.2) is 16.6 Å². The molecule has 2 atom stereocenters. The number of halogens is 4. The van der Waals surface area contributed by atoms with Crippen molar-refractivity contribution in [1.82, 2.24) is 21.3 Å². The van der Waals surface area contributed by atoms with Gasteiger partial charge in [0.1, 0.15) is 8.65 Å². The molecule has 0 fully saturated rings. The van der Waals surface area contributed by atoms with Gasteiger partial charge in [-0.05, 0) is 118 Å². The summed E-state index contributed by atoms with van der Waals surface area (Å²) >= 11 is 13.4. The number of nitrogens with one attached hydrogen (secondary N) is 4. The second kappa shape index (κ2) is 33.6. The van der Waals surface area contributed by atoms with Crippen LogP contribution in [0.3, 0.4) is 0 Å². The Bertz CT molecular complexity index is 1450. The van der Waals surface area contributed by atoms with Crippen LogP contribution >= 0.6 is 63.7 Å². The third kappa shape index (κ3) is 33.6. The first-order valence-corrected chi connectivity index (χ1v) is 30.6. The van der Waals surface area contributed by atoms with Gasteiger partial charge in [0, 0.05) is 50.2 Å². The van der Waals surface area contributed by atoms with E-state index in [0.29, 0.717) is 58.7 Å². The fourth-order valence-electron chi connectivity index (χ4n) is 6.11. The number of hydrogen-bond acceptors (Lipinski definition) is 10. The van der Waals surface area contributed by atoms with E-state index in [-0.39, 0.29) is 53.3 Å². The van der Waals surface area contributed by atoms with Gasteiger partial charge in [0.25, 0.3) is 0 Å². The zero-order valence-corrected chi connectivity index (χ0v) is 48.8. The molecule has 0 aliphatic heterocycles. The Morgan fingerprint density at radius 2 is 0.682 bits per heavy atom. The molecule has 0 saturated heterocycles. The number of esters is 2. The monoisotopic (exact) mass is 1240 g/mol. The Balaban J connectivity index is -0.000000280. The first kappa shape index (κ1) is 76.6. The van der Waals surface area contributed by atoms with Gasteiger partial charge in [0.2, 0.25) is 23.6 Å². The standard InChI is InChI=1S/C26H48Br2N2O7Si.C16H32Br2N2O3Si.4CH4/c1-23(2,17-25(5,27)21(33)35-7)19(31)29-13-11-15-37-38(9,10)16-12-14-30-20(32)24(3,4)18-26(6,28)22(34)36-8;1-15(2,17)13(21)19-9-7-11-23-24(5,6)12-8-10-20-14(22)16(3,4)18;;;;/h11-18H2,1-10H3,(H,29,31)(H,30,32);7-12H2,1-6H3,(H,19,21)(H,20,22);4*1H4. The number of carbonyl (C=O) groups is 6. The molecule has 0 aromatic carbocycles. The zero-order valence-electron chi connectivity index (χ0n) is 40.5.